The maximum atomic E-state index is 12.5. The normalized spacial score (nSPS) is 21.9. The van der Waals surface area contributed by atoms with Crippen LogP contribution in [0.1, 0.15) is 11.1 Å². The molecule has 2 aliphatic rings. The van der Waals surface area contributed by atoms with Crippen LogP contribution >= 0.6 is 0 Å². The van der Waals surface area contributed by atoms with Crippen LogP contribution < -0.4 is 9.47 Å². The molecule has 0 bridgehead atoms. The van der Waals surface area contributed by atoms with E-state index in [0.29, 0.717) is 18.8 Å². The lowest BCUT2D eigenvalue weighted by Crippen LogP contribution is -2.27. The molecule has 0 aliphatic carbocycles. The van der Waals surface area contributed by atoms with Gasteiger partial charge in [0.15, 0.2) is 11.5 Å². The van der Waals surface area contributed by atoms with Gasteiger partial charge in [-0.2, -0.15) is 8.42 Å². The summed E-state index contributed by atoms with van der Waals surface area (Å²) in [6.07, 6.45) is 0.136. The molecule has 2 aromatic rings. The maximum absolute atomic E-state index is 12.5. The SMILES string of the molecule is Cc1ccc(S(=O)(=O)O[C@H]2COC[C@H]2Cc2ccc3c(c2)OCO3)cc1. The molecular formula is C19H20O6S. The van der Waals surface area contributed by atoms with Gasteiger partial charge in [0, 0.05) is 5.92 Å². The number of hydrogen-bond acceptors (Lipinski definition) is 6. The third-order valence-electron chi connectivity index (χ3n) is 4.63. The number of hydrogen-bond donors (Lipinski definition) is 0. The second-order valence-electron chi connectivity index (χ2n) is 6.59. The van der Waals surface area contributed by atoms with E-state index in [0.717, 1.165) is 16.9 Å². The fourth-order valence-electron chi connectivity index (χ4n) is 3.17. The quantitative estimate of drug-likeness (QED) is 0.747. The van der Waals surface area contributed by atoms with Crippen LogP contribution in [-0.2, 0) is 25.5 Å². The summed E-state index contributed by atoms with van der Waals surface area (Å²) < 4.78 is 46.8. The third kappa shape index (κ3) is 3.56. The first-order chi connectivity index (χ1) is 12.5. The van der Waals surface area contributed by atoms with Crippen LogP contribution in [0.3, 0.4) is 0 Å². The van der Waals surface area contributed by atoms with Gasteiger partial charge in [-0.05, 0) is 43.2 Å². The molecule has 26 heavy (non-hydrogen) atoms. The van der Waals surface area contributed by atoms with E-state index in [-0.39, 0.29) is 24.2 Å². The average Bonchev–Trinajstić information content (AvgIpc) is 3.24. The van der Waals surface area contributed by atoms with Crippen LogP contribution in [0.2, 0.25) is 0 Å². The predicted molar refractivity (Wildman–Crippen MR) is 93.8 cm³/mol. The second kappa shape index (κ2) is 6.90. The van der Waals surface area contributed by atoms with Crippen molar-refractivity contribution >= 4 is 10.1 Å². The molecule has 4 rings (SSSR count). The summed E-state index contributed by atoms with van der Waals surface area (Å²) in [7, 11) is -3.82. The van der Waals surface area contributed by atoms with Crippen molar-refractivity contribution in [2.45, 2.75) is 24.3 Å². The van der Waals surface area contributed by atoms with Crippen LogP contribution in [-0.4, -0.2) is 34.5 Å². The summed E-state index contributed by atoms with van der Waals surface area (Å²) in [6, 6.07) is 12.4. The molecule has 0 spiro atoms. The highest BCUT2D eigenvalue weighted by molar-refractivity contribution is 7.86. The minimum Gasteiger partial charge on any atom is -0.454 e. The van der Waals surface area contributed by atoms with Gasteiger partial charge in [0.25, 0.3) is 10.1 Å². The van der Waals surface area contributed by atoms with E-state index in [4.69, 9.17) is 18.4 Å². The fraction of sp³-hybridized carbons (Fsp3) is 0.368. The van der Waals surface area contributed by atoms with Gasteiger partial charge in [-0.3, -0.25) is 4.18 Å². The zero-order valence-corrected chi connectivity index (χ0v) is 15.2. The maximum Gasteiger partial charge on any atom is 0.297 e. The largest absolute Gasteiger partial charge is 0.454 e. The molecule has 7 heteroatoms. The van der Waals surface area contributed by atoms with Gasteiger partial charge in [0.2, 0.25) is 6.79 Å². The zero-order chi connectivity index (χ0) is 18.1. The molecule has 2 heterocycles. The number of ether oxygens (including phenoxy) is 3. The van der Waals surface area contributed by atoms with Gasteiger partial charge in [0.05, 0.1) is 18.1 Å². The first kappa shape index (κ1) is 17.3. The Balaban J connectivity index is 1.47. The van der Waals surface area contributed by atoms with Gasteiger partial charge in [-0.15, -0.1) is 0 Å². The Kier molecular flexibility index (Phi) is 4.60. The molecule has 0 unspecified atom stereocenters. The van der Waals surface area contributed by atoms with E-state index in [2.05, 4.69) is 0 Å². The Bertz CT molecular complexity index is 891. The van der Waals surface area contributed by atoms with E-state index < -0.39 is 16.2 Å². The lowest BCUT2D eigenvalue weighted by Gasteiger charge is -2.18. The van der Waals surface area contributed by atoms with Crippen LogP contribution in [0.15, 0.2) is 47.4 Å². The van der Waals surface area contributed by atoms with Crippen LogP contribution in [0.4, 0.5) is 0 Å². The fourth-order valence-corrected chi connectivity index (χ4v) is 4.29. The summed E-state index contributed by atoms with van der Waals surface area (Å²) in [5, 5.41) is 0. The molecule has 2 aromatic carbocycles. The highest BCUT2D eigenvalue weighted by Gasteiger charge is 2.34. The second-order valence-corrected chi connectivity index (χ2v) is 8.16. The van der Waals surface area contributed by atoms with E-state index in [1.54, 1.807) is 24.3 Å². The number of aryl methyl sites for hydroxylation is 1. The van der Waals surface area contributed by atoms with Crippen molar-refractivity contribution in [3.05, 3.63) is 53.6 Å². The van der Waals surface area contributed by atoms with Gasteiger partial charge < -0.3 is 14.2 Å². The molecule has 0 N–H and O–H groups in total. The van der Waals surface area contributed by atoms with Crippen LogP contribution in [0.25, 0.3) is 0 Å². The smallest absolute Gasteiger partial charge is 0.297 e. The van der Waals surface area contributed by atoms with Crippen molar-refractivity contribution in [3.63, 3.8) is 0 Å². The van der Waals surface area contributed by atoms with Crippen molar-refractivity contribution in [1.82, 2.24) is 0 Å². The van der Waals surface area contributed by atoms with E-state index in [9.17, 15) is 8.42 Å². The van der Waals surface area contributed by atoms with Crippen LogP contribution in [0.5, 0.6) is 11.5 Å². The van der Waals surface area contributed by atoms with Crippen molar-refractivity contribution < 1.29 is 26.8 Å². The van der Waals surface area contributed by atoms with E-state index in [1.165, 1.54) is 0 Å². The van der Waals surface area contributed by atoms with Gasteiger partial charge >= 0.3 is 0 Å². The minimum atomic E-state index is -3.82. The van der Waals surface area contributed by atoms with Crippen molar-refractivity contribution in [2.75, 3.05) is 20.0 Å². The topological polar surface area (TPSA) is 71.1 Å². The summed E-state index contributed by atoms with van der Waals surface area (Å²) >= 11 is 0. The molecule has 0 radical (unpaired) electrons. The first-order valence-electron chi connectivity index (χ1n) is 8.47. The summed E-state index contributed by atoms with van der Waals surface area (Å²) in [4.78, 5) is 0.164. The zero-order valence-electron chi connectivity index (χ0n) is 14.4. The molecule has 138 valence electrons. The standard InChI is InChI=1S/C19H20O6S/c1-13-2-5-16(6-3-13)26(20,21)25-19-11-22-10-15(19)8-14-4-7-17-18(9-14)24-12-23-17/h2-7,9,15,19H,8,10-12H2,1H3/t15-,19+/m1/s1. The van der Waals surface area contributed by atoms with E-state index in [1.807, 2.05) is 25.1 Å². The molecule has 1 saturated heterocycles. The van der Waals surface area contributed by atoms with Crippen molar-refractivity contribution in [3.8, 4) is 11.5 Å². The van der Waals surface area contributed by atoms with Crippen molar-refractivity contribution in [2.24, 2.45) is 5.92 Å². The third-order valence-corrected chi connectivity index (χ3v) is 5.98. The highest BCUT2D eigenvalue weighted by atomic mass is 32.2. The lowest BCUT2D eigenvalue weighted by molar-refractivity contribution is 0.142. The van der Waals surface area contributed by atoms with Crippen molar-refractivity contribution in [1.29, 1.82) is 0 Å². The molecule has 1 fully saturated rings. The summed E-state index contributed by atoms with van der Waals surface area (Å²) in [5.41, 5.74) is 2.03. The highest BCUT2D eigenvalue weighted by Crippen LogP contribution is 2.34. The lowest BCUT2D eigenvalue weighted by atomic mass is 9.96. The Labute approximate surface area is 152 Å². The molecular weight excluding hydrogens is 356 g/mol. The number of rotatable bonds is 5. The summed E-state index contributed by atoms with van der Waals surface area (Å²) in [6.45, 7) is 2.86. The molecule has 0 amide bonds. The Morgan fingerprint density at radius 3 is 2.62 bits per heavy atom. The molecule has 2 atom stereocenters. The molecule has 2 aliphatic heterocycles. The first-order valence-corrected chi connectivity index (χ1v) is 9.88. The monoisotopic (exact) mass is 376 g/mol. The van der Waals surface area contributed by atoms with Crippen LogP contribution in [0, 0.1) is 12.8 Å². The average molecular weight is 376 g/mol. The van der Waals surface area contributed by atoms with Gasteiger partial charge in [0.1, 0.15) is 6.10 Å². The number of benzene rings is 2. The number of fused-ring (bicyclic) bond motifs is 1. The Morgan fingerprint density at radius 2 is 1.81 bits per heavy atom. The minimum absolute atomic E-state index is 0.0457. The molecule has 6 nitrogen and oxygen atoms in total. The summed E-state index contributed by atoms with van der Waals surface area (Å²) in [5.74, 6) is 1.40. The van der Waals surface area contributed by atoms with E-state index >= 15 is 0 Å². The molecule has 0 aromatic heterocycles. The van der Waals surface area contributed by atoms with Gasteiger partial charge in [-0.1, -0.05) is 23.8 Å². The predicted octanol–water partition coefficient (Wildman–Crippen LogP) is 2.69. The van der Waals surface area contributed by atoms with Gasteiger partial charge in [-0.25, -0.2) is 0 Å². The molecule has 0 saturated carbocycles. The Morgan fingerprint density at radius 1 is 1.04 bits per heavy atom. The Hall–Kier alpha value is -2.09.